The van der Waals surface area contributed by atoms with Crippen molar-refractivity contribution in [2.24, 2.45) is 5.73 Å². The molecule has 0 aliphatic carbocycles. The van der Waals surface area contributed by atoms with E-state index in [-0.39, 0.29) is 18.6 Å². The van der Waals surface area contributed by atoms with E-state index in [4.69, 9.17) is 10.5 Å². The molecule has 2 rings (SSSR count). The number of nitrogens with two attached hydrogens (primary N) is 1. The van der Waals surface area contributed by atoms with Gasteiger partial charge in [-0.3, -0.25) is 4.79 Å². The predicted octanol–water partition coefficient (Wildman–Crippen LogP) is 1.19. The molecule has 4 heteroatoms. The average Bonchev–Trinajstić information content (AvgIpc) is 2.83. The Balaban J connectivity index is 1.81. The van der Waals surface area contributed by atoms with Crippen LogP contribution in [0.3, 0.4) is 0 Å². The van der Waals surface area contributed by atoms with Gasteiger partial charge in [0.25, 0.3) is 5.91 Å². The summed E-state index contributed by atoms with van der Waals surface area (Å²) in [5, 5.41) is 0. The first-order chi connectivity index (χ1) is 8.69. The van der Waals surface area contributed by atoms with Crippen molar-refractivity contribution in [1.29, 1.82) is 0 Å². The molecular formula is C14H20N2O2. The number of hydrogen-bond acceptors (Lipinski definition) is 3. The van der Waals surface area contributed by atoms with Crippen LogP contribution in [0.25, 0.3) is 0 Å². The van der Waals surface area contributed by atoms with Gasteiger partial charge in [-0.05, 0) is 30.5 Å². The van der Waals surface area contributed by atoms with Gasteiger partial charge < -0.3 is 15.4 Å². The van der Waals surface area contributed by atoms with Gasteiger partial charge in [0.15, 0.2) is 6.61 Å². The summed E-state index contributed by atoms with van der Waals surface area (Å²) in [6.07, 6.45) is 1.89. The molecule has 1 amide bonds. The van der Waals surface area contributed by atoms with Crippen molar-refractivity contribution in [1.82, 2.24) is 4.90 Å². The van der Waals surface area contributed by atoms with Crippen molar-refractivity contribution in [3.8, 4) is 5.75 Å². The third-order valence-electron chi connectivity index (χ3n) is 3.27. The van der Waals surface area contributed by atoms with Crippen LogP contribution in [-0.4, -0.2) is 36.5 Å². The molecule has 1 aromatic carbocycles. The van der Waals surface area contributed by atoms with Gasteiger partial charge in [0, 0.05) is 19.1 Å². The topological polar surface area (TPSA) is 55.6 Å². The maximum Gasteiger partial charge on any atom is 0.260 e. The molecule has 1 heterocycles. The summed E-state index contributed by atoms with van der Waals surface area (Å²) in [6, 6.07) is 7.97. The Bertz CT molecular complexity index is 403. The minimum absolute atomic E-state index is 0.0162. The zero-order valence-corrected chi connectivity index (χ0v) is 10.8. The third kappa shape index (κ3) is 3.23. The van der Waals surface area contributed by atoms with Crippen LogP contribution in [0.2, 0.25) is 0 Å². The van der Waals surface area contributed by atoms with Crippen LogP contribution in [0.4, 0.5) is 0 Å². The monoisotopic (exact) mass is 248 g/mol. The second-order valence-corrected chi connectivity index (χ2v) is 4.67. The molecule has 1 atom stereocenters. The summed E-state index contributed by atoms with van der Waals surface area (Å²) in [6.45, 7) is 3.60. The molecule has 0 saturated carbocycles. The lowest BCUT2D eigenvalue weighted by Crippen LogP contribution is -2.35. The zero-order valence-electron chi connectivity index (χ0n) is 10.8. The number of benzene rings is 1. The van der Waals surface area contributed by atoms with Gasteiger partial charge >= 0.3 is 0 Å². The Morgan fingerprint density at radius 2 is 2.17 bits per heavy atom. The van der Waals surface area contributed by atoms with E-state index in [1.165, 1.54) is 5.56 Å². The normalized spacial score (nSPS) is 19.0. The number of carbonyl (C=O) groups excluding carboxylic acids is 1. The molecule has 18 heavy (non-hydrogen) atoms. The second kappa shape index (κ2) is 5.87. The number of hydrogen-bond donors (Lipinski definition) is 1. The standard InChI is InChI=1S/C14H20N2O2/c1-2-11-3-5-13(6-4-11)18-10-14(17)16-8-7-12(15)9-16/h3-6,12H,2,7-10,15H2,1H3. The number of amides is 1. The summed E-state index contributed by atoms with van der Waals surface area (Å²) in [5.41, 5.74) is 7.03. The summed E-state index contributed by atoms with van der Waals surface area (Å²) < 4.78 is 5.48. The summed E-state index contributed by atoms with van der Waals surface area (Å²) in [5.74, 6) is 0.756. The first-order valence-corrected chi connectivity index (χ1v) is 6.44. The Hall–Kier alpha value is -1.55. The Labute approximate surface area is 108 Å². The number of rotatable bonds is 4. The smallest absolute Gasteiger partial charge is 0.260 e. The molecule has 1 aliphatic heterocycles. The van der Waals surface area contributed by atoms with Crippen LogP contribution < -0.4 is 10.5 Å². The number of aryl methyl sites for hydroxylation is 1. The fourth-order valence-corrected chi connectivity index (χ4v) is 2.07. The van der Waals surface area contributed by atoms with Crippen molar-refractivity contribution in [3.05, 3.63) is 29.8 Å². The third-order valence-corrected chi connectivity index (χ3v) is 3.27. The minimum atomic E-state index is 0.0162. The SMILES string of the molecule is CCc1ccc(OCC(=O)N2CCC(N)C2)cc1. The molecule has 1 unspecified atom stereocenters. The highest BCUT2D eigenvalue weighted by atomic mass is 16.5. The van der Waals surface area contributed by atoms with Gasteiger partial charge in [-0.25, -0.2) is 0 Å². The molecule has 1 saturated heterocycles. The number of carbonyl (C=O) groups is 1. The van der Waals surface area contributed by atoms with Crippen LogP contribution in [0, 0.1) is 0 Å². The zero-order chi connectivity index (χ0) is 13.0. The van der Waals surface area contributed by atoms with Crippen molar-refractivity contribution in [3.63, 3.8) is 0 Å². The fourth-order valence-electron chi connectivity index (χ4n) is 2.07. The molecule has 0 aromatic heterocycles. The van der Waals surface area contributed by atoms with Gasteiger partial charge in [0.2, 0.25) is 0 Å². The average molecular weight is 248 g/mol. The second-order valence-electron chi connectivity index (χ2n) is 4.67. The molecule has 0 radical (unpaired) electrons. The molecular weight excluding hydrogens is 228 g/mol. The van der Waals surface area contributed by atoms with Gasteiger partial charge in [0.1, 0.15) is 5.75 Å². The van der Waals surface area contributed by atoms with Gasteiger partial charge in [-0.2, -0.15) is 0 Å². The summed E-state index contributed by atoms with van der Waals surface area (Å²) in [4.78, 5) is 13.6. The van der Waals surface area contributed by atoms with E-state index in [2.05, 4.69) is 6.92 Å². The van der Waals surface area contributed by atoms with E-state index in [1.807, 2.05) is 24.3 Å². The number of nitrogens with zero attached hydrogens (tertiary/aromatic N) is 1. The van der Waals surface area contributed by atoms with E-state index in [0.717, 1.165) is 25.1 Å². The Morgan fingerprint density at radius 3 is 2.72 bits per heavy atom. The largest absolute Gasteiger partial charge is 0.484 e. The number of likely N-dealkylation sites (tertiary alicyclic amines) is 1. The number of ether oxygens (including phenoxy) is 1. The van der Waals surface area contributed by atoms with Crippen LogP contribution in [-0.2, 0) is 11.2 Å². The van der Waals surface area contributed by atoms with Crippen molar-refractivity contribution in [2.75, 3.05) is 19.7 Å². The van der Waals surface area contributed by atoms with Crippen LogP contribution in [0.5, 0.6) is 5.75 Å². The first-order valence-electron chi connectivity index (χ1n) is 6.44. The van der Waals surface area contributed by atoms with E-state index in [1.54, 1.807) is 4.90 Å². The highest BCUT2D eigenvalue weighted by Gasteiger charge is 2.23. The fraction of sp³-hybridized carbons (Fsp3) is 0.500. The molecule has 1 aromatic rings. The molecule has 2 N–H and O–H groups in total. The summed E-state index contributed by atoms with van der Waals surface area (Å²) in [7, 11) is 0. The van der Waals surface area contributed by atoms with Crippen LogP contribution in [0.15, 0.2) is 24.3 Å². The lowest BCUT2D eigenvalue weighted by atomic mass is 10.2. The predicted molar refractivity (Wildman–Crippen MR) is 70.5 cm³/mol. The molecule has 0 bridgehead atoms. The lowest BCUT2D eigenvalue weighted by Gasteiger charge is -2.16. The van der Waals surface area contributed by atoms with E-state index in [9.17, 15) is 4.79 Å². The van der Waals surface area contributed by atoms with Crippen molar-refractivity contribution < 1.29 is 9.53 Å². The highest BCUT2D eigenvalue weighted by molar-refractivity contribution is 5.78. The Kier molecular flexibility index (Phi) is 4.20. The van der Waals surface area contributed by atoms with Crippen LogP contribution in [0.1, 0.15) is 18.9 Å². The lowest BCUT2D eigenvalue weighted by molar-refractivity contribution is -0.132. The maximum absolute atomic E-state index is 11.8. The van der Waals surface area contributed by atoms with E-state index < -0.39 is 0 Å². The molecule has 98 valence electrons. The van der Waals surface area contributed by atoms with E-state index >= 15 is 0 Å². The van der Waals surface area contributed by atoms with Crippen molar-refractivity contribution in [2.45, 2.75) is 25.8 Å². The molecule has 0 spiro atoms. The van der Waals surface area contributed by atoms with Gasteiger partial charge in [-0.1, -0.05) is 19.1 Å². The summed E-state index contributed by atoms with van der Waals surface area (Å²) >= 11 is 0. The molecule has 1 aliphatic rings. The van der Waals surface area contributed by atoms with Crippen molar-refractivity contribution >= 4 is 5.91 Å². The quantitative estimate of drug-likeness (QED) is 0.870. The highest BCUT2D eigenvalue weighted by Crippen LogP contribution is 2.13. The first kappa shape index (κ1) is 12.9. The van der Waals surface area contributed by atoms with E-state index in [0.29, 0.717) is 6.54 Å². The molecule has 1 fully saturated rings. The molecule has 4 nitrogen and oxygen atoms in total. The van der Waals surface area contributed by atoms with Crippen LogP contribution >= 0.6 is 0 Å². The van der Waals surface area contributed by atoms with Gasteiger partial charge in [0.05, 0.1) is 0 Å². The van der Waals surface area contributed by atoms with Gasteiger partial charge in [-0.15, -0.1) is 0 Å². The maximum atomic E-state index is 11.8. The minimum Gasteiger partial charge on any atom is -0.484 e. The Morgan fingerprint density at radius 1 is 1.44 bits per heavy atom.